The number of aromatic nitrogens is 5. The molecule has 2 aromatic carbocycles. The van der Waals surface area contributed by atoms with Crippen LogP contribution in [-0.2, 0) is 4.79 Å². The normalized spacial score (nSPS) is 14.1. The van der Waals surface area contributed by atoms with Gasteiger partial charge in [-0.15, -0.1) is 0 Å². The van der Waals surface area contributed by atoms with Crippen molar-refractivity contribution in [3.63, 3.8) is 0 Å². The van der Waals surface area contributed by atoms with Gasteiger partial charge < -0.3 is 10.3 Å². The van der Waals surface area contributed by atoms with E-state index in [9.17, 15) is 9.18 Å². The number of pyridine rings is 2. The number of nitrogens with zero attached hydrogens (tertiary/aromatic N) is 3. The van der Waals surface area contributed by atoms with Crippen LogP contribution < -0.4 is 5.32 Å². The minimum atomic E-state index is -0.314. The number of fused-ring (bicyclic) bond motifs is 2. The van der Waals surface area contributed by atoms with Gasteiger partial charge in [-0.25, -0.2) is 4.39 Å². The van der Waals surface area contributed by atoms with Gasteiger partial charge in [0.05, 0.1) is 28.8 Å². The second-order valence-electron chi connectivity index (χ2n) is 10.4. The van der Waals surface area contributed by atoms with E-state index in [1.54, 1.807) is 36.8 Å². The molecule has 0 spiro atoms. The number of carbonyl (C=O) groups is 1. The first-order chi connectivity index (χ1) is 19.6. The van der Waals surface area contributed by atoms with Gasteiger partial charge in [-0.3, -0.25) is 19.9 Å². The molecule has 1 amide bonds. The van der Waals surface area contributed by atoms with Gasteiger partial charge in [-0.2, -0.15) is 5.10 Å². The summed E-state index contributed by atoms with van der Waals surface area (Å²) < 4.78 is 14.6. The number of hydrogen-bond donors (Lipinski definition) is 3. The highest BCUT2D eigenvalue weighted by molar-refractivity contribution is 6.01. The molecular weight excluding hydrogens is 503 g/mol. The molecule has 198 valence electrons. The zero-order chi connectivity index (χ0) is 27.1. The van der Waals surface area contributed by atoms with Gasteiger partial charge in [0.2, 0.25) is 5.91 Å². The van der Waals surface area contributed by atoms with E-state index in [0.717, 1.165) is 70.0 Å². The van der Waals surface area contributed by atoms with Crippen LogP contribution in [0.25, 0.3) is 55.6 Å². The highest BCUT2D eigenvalue weighted by atomic mass is 19.1. The Balaban J connectivity index is 1.23. The molecule has 40 heavy (non-hydrogen) atoms. The number of aromatic amines is 2. The minimum Gasteiger partial charge on any atom is -0.353 e. The number of benzene rings is 2. The molecule has 7 rings (SSSR count). The maximum atomic E-state index is 14.6. The van der Waals surface area contributed by atoms with E-state index in [-0.39, 0.29) is 17.6 Å². The van der Waals surface area contributed by atoms with E-state index in [2.05, 4.69) is 36.5 Å². The summed E-state index contributed by atoms with van der Waals surface area (Å²) in [5.41, 5.74) is 6.88. The second kappa shape index (κ2) is 10.0. The van der Waals surface area contributed by atoms with Crippen LogP contribution in [0.1, 0.15) is 32.1 Å². The van der Waals surface area contributed by atoms with E-state index in [1.165, 1.54) is 12.5 Å². The zero-order valence-electron chi connectivity index (χ0n) is 21.7. The number of rotatable bonds is 5. The van der Waals surface area contributed by atoms with E-state index in [4.69, 9.17) is 0 Å². The molecule has 0 bridgehead atoms. The highest BCUT2D eigenvalue weighted by Gasteiger charge is 2.21. The lowest BCUT2D eigenvalue weighted by molar-refractivity contribution is -0.120. The van der Waals surface area contributed by atoms with Crippen LogP contribution >= 0.6 is 0 Å². The molecule has 6 aromatic rings. The Bertz CT molecular complexity index is 1870. The van der Waals surface area contributed by atoms with Gasteiger partial charge in [-0.05, 0) is 60.9 Å². The third kappa shape index (κ3) is 4.41. The number of nitrogens with one attached hydrogen (secondary N) is 3. The van der Waals surface area contributed by atoms with Crippen molar-refractivity contribution in [3.8, 4) is 33.8 Å². The first-order valence-corrected chi connectivity index (χ1v) is 13.6. The molecule has 1 aliphatic rings. The van der Waals surface area contributed by atoms with Crippen molar-refractivity contribution in [2.45, 2.75) is 32.1 Å². The SMILES string of the molecule is O=C(Nc1cncc(-c2ccc3[nH]nc(-c4cc5c(-c6ccccc6F)nccc5[nH]4)c3c2)c1)C1CCCCC1. The first kappa shape index (κ1) is 24.2. The smallest absolute Gasteiger partial charge is 0.227 e. The van der Waals surface area contributed by atoms with Crippen LogP contribution in [0.5, 0.6) is 0 Å². The maximum absolute atomic E-state index is 14.6. The minimum absolute atomic E-state index is 0.0765. The van der Waals surface area contributed by atoms with Crippen molar-refractivity contribution < 1.29 is 9.18 Å². The van der Waals surface area contributed by atoms with Gasteiger partial charge in [0.25, 0.3) is 0 Å². The fourth-order valence-electron chi connectivity index (χ4n) is 5.72. The molecule has 4 aromatic heterocycles. The number of anilines is 1. The van der Waals surface area contributed by atoms with Gasteiger partial charge in [0.15, 0.2) is 0 Å². The third-order valence-corrected chi connectivity index (χ3v) is 7.81. The Morgan fingerprint density at radius 1 is 0.875 bits per heavy atom. The van der Waals surface area contributed by atoms with E-state index < -0.39 is 0 Å². The predicted molar refractivity (Wildman–Crippen MR) is 155 cm³/mol. The van der Waals surface area contributed by atoms with E-state index in [0.29, 0.717) is 16.9 Å². The van der Waals surface area contributed by atoms with Gasteiger partial charge in [0.1, 0.15) is 11.5 Å². The highest BCUT2D eigenvalue weighted by Crippen LogP contribution is 2.35. The summed E-state index contributed by atoms with van der Waals surface area (Å²) in [6.45, 7) is 0. The summed E-state index contributed by atoms with van der Waals surface area (Å²) in [5.74, 6) is -0.159. The lowest BCUT2D eigenvalue weighted by Gasteiger charge is -2.20. The average molecular weight is 531 g/mol. The molecule has 0 saturated heterocycles. The van der Waals surface area contributed by atoms with Gasteiger partial charge >= 0.3 is 0 Å². The number of hydrogen-bond acceptors (Lipinski definition) is 4. The molecule has 3 N–H and O–H groups in total. The van der Waals surface area contributed by atoms with Crippen LogP contribution in [0.3, 0.4) is 0 Å². The van der Waals surface area contributed by atoms with Crippen molar-refractivity contribution in [3.05, 3.63) is 85.1 Å². The summed E-state index contributed by atoms with van der Waals surface area (Å²) in [6.07, 6.45) is 10.5. The molecule has 1 fully saturated rings. The van der Waals surface area contributed by atoms with E-state index in [1.807, 2.05) is 30.3 Å². The molecule has 0 unspecified atom stereocenters. The lowest BCUT2D eigenvalue weighted by Crippen LogP contribution is -2.24. The predicted octanol–water partition coefficient (Wildman–Crippen LogP) is 7.49. The number of amides is 1. The molecule has 0 atom stereocenters. The molecular formula is C32H27FN6O. The monoisotopic (exact) mass is 530 g/mol. The molecule has 0 aliphatic heterocycles. The van der Waals surface area contributed by atoms with Crippen LogP contribution in [0.15, 0.2) is 79.3 Å². The molecule has 4 heterocycles. The fourth-order valence-corrected chi connectivity index (χ4v) is 5.72. The summed E-state index contributed by atoms with van der Waals surface area (Å²) in [4.78, 5) is 25.1. The Hall–Kier alpha value is -4.85. The average Bonchev–Trinajstić information content (AvgIpc) is 3.62. The van der Waals surface area contributed by atoms with Crippen LogP contribution in [-0.4, -0.2) is 31.1 Å². The Morgan fingerprint density at radius 3 is 2.60 bits per heavy atom. The van der Waals surface area contributed by atoms with Crippen molar-refractivity contribution in [2.24, 2.45) is 5.92 Å². The van der Waals surface area contributed by atoms with Crippen molar-refractivity contribution in [2.75, 3.05) is 5.32 Å². The van der Waals surface area contributed by atoms with Crippen molar-refractivity contribution >= 4 is 33.4 Å². The van der Waals surface area contributed by atoms with Gasteiger partial charge in [-0.1, -0.05) is 37.5 Å². The Kier molecular flexibility index (Phi) is 6.07. The third-order valence-electron chi connectivity index (χ3n) is 7.81. The zero-order valence-corrected chi connectivity index (χ0v) is 21.7. The Morgan fingerprint density at radius 2 is 1.73 bits per heavy atom. The molecule has 7 nitrogen and oxygen atoms in total. The second-order valence-corrected chi connectivity index (χ2v) is 10.4. The largest absolute Gasteiger partial charge is 0.353 e. The molecule has 1 aliphatic carbocycles. The van der Waals surface area contributed by atoms with Crippen LogP contribution in [0.2, 0.25) is 0 Å². The summed E-state index contributed by atoms with van der Waals surface area (Å²) in [6, 6.07) is 18.5. The topological polar surface area (TPSA) is 99.3 Å². The molecule has 8 heteroatoms. The quantitative estimate of drug-likeness (QED) is 0.215. The first-order valence-electron chi connectivity index (χ1n) is 13.6. The van der Waals surface area contributed by atoms with E-state index >= 15 is 0 Å². The number of carbonyl (C=O) groups excluding carboxylic acids is 1. The number of H-pyrrole nitrogens is 2. The standard InChI is InChI=1S/C32H27FN6O/c33-26-9-5-4-8-23(26)30-25-16-29(37-27(25)12-13-35-30)31-24-15-20(10-11-28(24)38-39-31)21-14-22(18-34-17-21)36-32(40)19-6-2-1-3-7-19/h4-5,8-19,37H,1-3,6-7H2,(H,36,40)(H,38,39). The number of halogens is 1. The molecule has 0 radical (unpaired) electrons. The lowest BCUT2D eigenvalue weighted by atomic mass is 9.88. The summed E-state index contributed by atoms with van der Waals surface area (Å²) in [5, 5.41) is 12.5. The summed E-state index contributed by atoms with van der Waals surface area (Å²) in [7, 11) is 0. The Labute approximate surface area is 229 Å². The van der Waals surface area contributed by atoms with Crippen molar-refractivity contribution in [1.29, 1.82) is 0 Å². The molecule has 1 saturated carbocycles. The maximum Gasteiger partial charge on any atom is 0.227 e. The summed E-state index contributed by atoms with van der Waals surface area (Å²) >= 11 is 0. The van der Waals surface area contributed by atoms with Gasteiger partial charge in [0, 0.05) is 45.7 Å². The fraction of sp³-hybridized carbons (Fsp3) is 0.188. The van der Waals surface area contributed by atoms with Crippen LogP contribution in [0.4, 0.5) is 10.1 Å². The van der Waals surface area contributed by atoms with Crippen molar-refractivity contribution in [1.82, 2.24) is 25.1 Å². The van der Waals surface area contributed by atoms with Crippen LogP contribution in [0, 0.1) is 11.7 Å².